The first kappa shape index (κ1) is 9.40. The van der Waals surface area contributed by atoms with Gasteiger partial charge in [0.15, 0.2) is 0 Å². The summed E-state index contributed by atoms with van der Waals surface area (Å²) in [5, 5.41) is 9.18. The Morgan fingerprint density at radius 1 is 1.40 bits per heavy atom. The molecule has 0 unspecified atom stereocenters. The first-order valence-electron chi connectivity index (χ1n) is 2.44. The molecule has 0 spiro atoms. The van der Waals surface area contributed by atoms with E-state index in [0.717, 1.165) is 0 Å². The predicted molar refractivity (Wildman–Crippen MR) is 44.8 cm³/mol. The van der Waals surface area contributed by atoms with Crippen LogP contribution in [0.5, 0.6) is 5.75 Å². The second-order valence-corrected chi connectivity index (χ2v) is 2.11. The molecule has 0 saturated heterocycles. The summed E-state index contributed by atoms with van der Waals surface area (Å²) >= 11 is 5.53. The van der Waals surface area contributed by atoms with Crippen molar-refractivity contribution in [3.63, 3.8) is 0 Å². The van der Waals surface area contributed by atoms with Gasteiger partial charge in [0.25, 0.3) is 0 Å². The van der Waals surface area contributed by atoms with E-state index < -0.39 is 0 Å². The van der Waals surface area contributed by atoms with Gasteiger partial charge in [0.05, 0.1) is 10.7 Å². The molecule has 0 saturated carbocycles. The highest BCUT2D eigenvalue weighted by molar-refractivity contribution is 6.33. The second kappa shape index (κ2) is 3.54. The first-order valence-corrected chi connectivity index (χ1v) is 2.82. The summed E-state index contributed by atoms with van der Waals surface area (Å²) in [6, 6.07) is 4.44. The molecule has 0 aliphatic rings. The number of phenolic OH excluding ortho intramolecular Hbond substituents is 1. The first-order chi connectivity index (χ1) is 4.20. The highest BCUT2D eigenvalue weighted by atomic mass is 35.5. The van der Waals surface area contributed by atoms with E-state index in [9.17, 15) is 0 Å². The lowest BCUT2D eigenvalue weighted by molar-refractivity contribution is 0.475. The Morgan fingerprint density at radius 3 is 2.40 bits per heavy atom. The van der Waals surface area contributed by atoms with Gasteiger partial charge in [-0.15, -0.1) is 12.4 Å². The number of benzene rings is 1. The summed E-state index contributed by atoms with van der Waals surface area (Å²) in [4.78, 5) is 0. The molecule has 0 radical (unpaired) electrons. The van der Waals surface area contributed by atoms with Crippen molar-refractivity contribution in [1.82, 2.24) is 0 Å². The number of anilines is 1. The van der Waals surface area contributed by atoms with Crippen molar-refractivity contribution in [1.29, 1.82) is 0 Å². The zero-order chi connectivity index (χ0) is 6.85. The van der Waals surface area contributed by atoms with Gasteiger partial charge >= 0.3 is 0 Å². The number of aromatic hydroxyl groups is 1. The van der Waals surface area contributed by atoms with Gasteiger partial charge in [0.2, 0.25) is 0 Å². The number of hydrogen-bond donors (Lipinski definition) is 2. The average molecular weight is 180 g/mol. The number of hydrogen-bond acceptors (Lipinski definition) is 2. The van der Waals surface area contributed by atoms with Crippen LogP contribution in [0.25, 0.3) is 0 Å². The highest BCUT2D eigenvalue weighted by Crippen LogP contribution is 2.22. The van der Waals surface area contributed by atoms with Crippen molar-refractivity contribution >= 4 is 29.7 Å². The molecule has 10 heavy (non-hydrogen) atoms. The Labute approximate surface area is 70.0 Å². The topological polar surface area (TPSA) is 46.2 Å². The number of rotatable bonds is 0. The van der Waals surface area contributed by atoms with Crippen LogP contribution in [-0.2, 0) is 0 Å². The van der Waals surface area contributed by atoms with Crippen molar-refractivity contribution in [2.75, 3.05) is 5.73 Å². The van der Waals surface area contributed by atoms with Crippen LogP contribution < -0.4 is 5.73 Å². The van der Waals surface area contributed by atoms with E-state index in [4.69, 9.17) is 22.4 Å². The lowest BCUT2D eigenvalue weighted by atomic mass is 10.3. The van der Waals surface area contributed by atoms with Gasteiger partial charge in [0, 0.05) is 6.07 Å². The number of halogens is 2. The Morgan fingerprint density at radius 2 is 2.00 bits per heavy atom. The van der Waals surface area contributed by atoms with Crippen LogP contribution in [0.4, 0.5) is 5.69 Å². The standard InChI is InChI=1S/C6H6ClNO.ClH/c7-5-3-4(9)1-2-6(5)8;/h1-3,9H,8H2;1H. The lowest BCUT2D eigenvalue weighted by Gasteiger charge is -1.95. The Bertz CT molecular complexity index is 227. The molecule has 0 aliphatic heterocycles. The molecule has 2 nitrogen and oxygen atoms in total. The molecule has 0 aliphatic carbocycles. The largest absolute Gasteiger partial charge is 0.508 e. The summed E-state index contributed by atoms with van der Waals surface area (Å²) in [5.41, 5.74) is 5.83. The molecule has 0 heterocycles. The quantitative estimate of drug-likeness (QED) is 0.474. The van der Waals surface area contributed by atoms with E-state index in [1.54, 1.807) is 6.07 Å². The molecule has 4 heteroatoms. The smallest absolute Gasteiger partial charge is 0.117 e. The molecule has 0 bridgehead atoms. The summed E-state index contributed by atoms with van der Waals surface area (Å²) in [6.45, 7) is 0. The van der Waals surface area contributed by atoms with Crippen molar-refractivity contribution in [2.24, 2.45) is 0 Å². The number of phenols is 1. The van der Waals surface area contributed by atoms with Crippen LogP contribution in [0.1, 0.15) is 0 Å². The van der Waals surface area contributed by atoms with E-state index in [1.807, 2.05) is 0 Å². The molecule has 0 fully saturated rings. The summed E-state index contributed by atoms with van der Waals surface area (Å²) in [5.74, 6) is 0.134. The van der Waals surface area contributed by atoms with Crippen LogP contribution >= 0.6 is 24.0 Å². The normalized spacial score (nSPS) is 8.50. The van der Waals surface area contributed by atoms with Crippen LogP contribution in [-0.4, -0.2) is 5.11 Å². The van der Waals surface area contributed by atoms with Gasteiger partial charge in [-0.3, -0.25) is 0 Å². The van der Waals surface area contributed by atoms with E-state index in [1.165, 1.54) is 12.1 Å². The van der Waals surface area contributed by atoms with E-state index in [2.05, 4.69) is 0 Å². The Kier molecular flexibility index (Phi) is 3.33. The lowest BCUT2D eigenvalue weighted by Crippen LogP contribution is -1.83. The zero-order valence-corrected chi connectivity index (χ0v) is 6.62. The van der Waals surface area contributed by atoms with Crippen molar-refractivity contribution in [3.05, 3.63) is 23.2 Å². The molecular weight excluding hydrogens is 173 g/mol. The molecule has 1 aromatic rings. The maximum absolute atomic E-state index is 8.80. The molecule has 0 atom stereocenters. The zero-order valence-electron chi connectivity index (χ0n) is 5.04. The fraction of sp³-hybridized carbons (Fsp3) is 0. The van der Waals surface area contributed by atoms with Crippen LogP contribution in [0.15, 0.2) is 18.2 Å². The van der Waals surface area contributed by atoms with E-state index in [0.29, 0.717) is 10.7 Å². The predicted octanol–water partition coefficient (Wildman–Crippen LogP) is 2.05. The fourth-order valence-corrected chi connectivity index (χ4v) is 0.691. The maximum atomic E-state index is 8.80. The van der Waals surface area contributed by atoms with Crippen LogP contribution in [0, 0.1) is 0 Å². The SMILES string of the molecule is Cl.Nc1ccc(O)cc1Cl. The molecule has 0 amide bonds. The van der Waals surface area contributed by atoms with Crippen LogP contribution in [0.2, 0.25) is 5.02 Å². The third kappa shape index (κ3) is 1.97. The summed E-state index contributed by atoms with van der Waals surface area (Å²) < 4.78 is 0. The van der Waals surface area contributed by atoms with Gasteiger partial charge in [-0.25, -0.2) is 0 Å². The average Bonchev–Trinajstić information content (AvgIpc) is 1.80. The minimum Gasteiger partial charge on any atom is -0.508 e. The number of nitrogens with two attached hydrogens (primary N) is 1. The monoisotopic (exact) mass is 179 g/mol. The molecule has 0 aromatic heterocycles. The van der Waals surface area contributed by atoms with Crippen molar-refractivity contribution < 1.29 is 5.11 Å². The minimum atomic E-state index is 0. The van der Waals surface area contributed by atoms with Gasteiger partial charge < -0.3 is 10.8 Å². The van der Waals surface area contributed by atoms with Crippen LogP contribution in [0.3, 0.4) is 0 Å². The van der Waals surface area contributed by atoms with Gasteiger partial charge in [0.1, 0.15) is 5.75 Å². The molecule has 3 N–H and O–H groups in total. The van der Waals surface area contributed by atoms with Gasteiger partial charge in [-0.05, 0) is 12.1 Å². The van der Waals surface area contributed by atoms with Gasteiger partial charge in [-0.1, -0.05) is 11.6 Å². The molecular formula is C6H7Cl2NO. The highest BCUT2D eigenvalue weighted by Gasteiger charge is 1.93. The minimum absolute atomic E-state index is 0. The Hall–Kier alpha value is -0.600. The van der Waals surface area contributed by atoms with E-state index >= 15 is 0 Å². The number of nitrogen functional groups attached to an aromatic ring is 1. The fourth-order valence-electron chi connectivity index (χ4n) is 0.516. The Balaban J connectivity index is 0.000000810. The third-order valence-electron chi connectivity index (χ3n) is 0.984. The van der Waals surface area contributed by atoms with Crippen molar-refractivity contribution in [2.45, 2.75) is 0 Å². The summed E-state index contributed by atoms with van der Waals surface area (Å²) in [6.07, 6.45) is 0. The summed E-state index contributed by atoms with van der Waals surface area (Å²) in [7, 11) is 0. The second-order valence-electron chi connectivity index (χ2n) is 1.71. The molecule has 1 aromatic carbocycles. The van der Waals surface area contributed by atoms with E-state index in [-0.39, 0.29) is 18.2 Å². The van der Waals surface area contributed by atoms with Crippen molar-refractivity contribution in [3.8, 4) is 5.75 Å². The molecule has 1 rings (SSSR count). The molecule has 56 valence electrons. The maximum Gasteiger partial charge on any atom is 0.117 e. The van der Waals surface area contributed by atoms with Gasteiger partial charge in [-0.2, -0.15) is 0 Å². The third-order valence-corrected chi connectivity index (χ3v) is 1.31.